The molecule has 4 N–H and O–H groups in total. The molecule has 0 aliphatic heterocycles. The van der Waals surface area contributed by atoms with Crippen molar-refractivity contribution in [3.8, 4) is 11.5 Å². The number of aliphatic hydroxyl groups excluding tert-OH is 3. The summed E-state index contributed by atoms with van der Waals surface area (Å²) < 4.78 is 5.09. The second kappa shape index (κ2) is 10.2. The van der Waals surface area contributed by atoms with Gasteiger partial charge in [-0.1, -0.05) is 29.8 Å². The van der Waals surface area contributed by atoms with Crippen LogP contribution >= 0.6 is 11.6 Å². The molecule has 0 spiro atoms. The molecule has 0 unspecified atom stereocenters. The van der Waals surface area contributed by atoms with Crippen molar-refractivity contribution in [2.45, 2.75) is 25.0 Å². The fraction of sp³-hybridized carbons (Fsp3) is 0.286. The number of rotatable bonds is 8. The zero-order valence-electron chi connectivity index (χ0n) is 15.0. The van der Waals surface area contributed by atoms with Crippen LogP contribution in [-0.2, 0) is 0 Å². The summed E-state index contributed by atoms with van der Waals surface area (Å²) in [5.41, 5.74) is 4.65. The maximum Gasteiger partial charge on any atom is 0.118 e. The van der Waals surface area contributed by atoms with Gasteiger partial charge >= 0.3 is 0 Å². The highest BCUT2D eigenvalue weighted by atomic mass is 35.5. The van der Waals surface area contributed by atoms with Crippen LogP contribution in [-0.4, -0.2) is 34.1 Å². The van der Waals surface area contributed by atoms with E-state index in [4.69, 9.17) is 16.3 Å². The molecule has 27 heavy (non-hydrogen) atoms. The molecular weight excluding hydrogens is 368 g/mol. The molecule has 144 valence electrons. The lowest BCUT2D eigenvalue weighted by atomic mass is 10.0. The number of ether oxygens (including phenoxy) is 1. The third-order valence-corrected chi connectivity index (χ3v) is 4.45. The van der Waals surface area contributed by atoms with E-state index in [9.17, 15) is 20.4 Å². The lowest BCUT2D eigenvalue weighted by molar-refractivity contribution is 0.172. The number of hydrogen-bond acceptors (Lipinski definition) is 5. The Morgan fingerprint density at radius 3 is 2.44 bits per heavy atom. The summed E-state index contributed by atoms with van der Waals surface area (Å²) >= 11 is 6.01. The van der Waals surface area contributed by atoms with Gasteiger partial charge in [-0.15, -0.1) is 5.73 Å². The van der Waals surface area contributed by atoms with Crippen molar-refractivity contribution < 1.29 is 25.2 Å². The second-order valence-corrected chi connectivity index (χ2v) is 6.47. The number of aliphatic hydroxyl groups is 3. The Bertz CT molecular complexity index is 810. The average molecular weight is 391 g/mol. The third kappa shape index (κ3) is 6.14. The van der Waals surface area contributed by atoms with Gasteiger partial charge in [-0.2, -0.15) is 0 Å². The lowest BCUT2D eigenvalue weighted by Gasteiger charge is -2.12. The molecule has 0 amide bonds. The van der Waals surface area contributed by atoms with E-state index in [-0.39, 0.29) is 30.2 Å². The van der Waals surface area contributed by atoms with E-state index < -0.39 is 12.2 Å². The quantitative estimate of drug-likeness (QED) is 0.516. The van der Waals surface area contributed by atoms with Crippen LogP contribution in [0.15, 0.2) is 59.8 Å². The second-order valence-electron chi connectivity index (χ2n) is 6.06. The highest BCUT2D eigenvalue weighted by Crippen LogP contribution is 2.29. The van der Waals surface area contributed by atoms with Crippen LogP contribution in [0.3, 0.4) is 0 Å². The van der Waals surface area contributed by atoms with Crippen LogP contribution in [0.25, 0.3) is 0 Å². The molecule has 0 radical (unpaired) electrons. The van der Waals surface area contributed by atoms with E-state index in [1.54, 1.807) is 43.5 Å². The highest BCUT2D eigenvalue weighted by molar-refractivity contribution is 6.31. The van der Waals surface area contributed by atoms with Crippen molar-refractivity contribution >= 4 is 11.6 Å². The minimum atomic E-state index is -0.864. The first kappa shape index (κ1) is 21.0. The number of phenols is 1. The van der Waals surface area contributed by atoms with Gasteiger partial charge in [0.1, 0.15) is 11.5 Å². The smallest absolute Gasteiger partial charge is 0.118 e. The summed E-state index contributed by atoms with van der Waals surface area (Å²) in [5, 5.41) is 39.7. The van der Waals surface area contributed by atoms with Gasteiger partial charge in [0, 0.05) is 12.8 Å². The minimum absolute atomic E-state index is 0.0291. The van der Waals surface area contributed by atoms with E-state index in [0.29, 0.717) is 22.4 Å². The molecule has 2 rings (SSSR count). The van der Waals surface area contributed by atoms with Gasteiger partial charge in [0.25, 0.3) is 0 Å². The summed E-state index contributed by atoms with van der Waals surface area (Å²) in [5.74, 6) is 0.729. The largest absolute Gasteiger partial charge is 0.508 e. The first-order chi connectivity index (χ1) is 12.9. The van der Waals surface area contributed by atoms with Gasteiger partial charge in [0.15, 0.2) is 0 Å². The average Bonchev–Trinajstić information content (AvgIpc) is 2.66. The van der Waals surface area contributed by atoms with Crippen LogP contribution in [0.4, 0.5) is 0 Å². The van der Waals surface area contributed by atoms with Crippen LogP contribution in [0.1, 0.15) is 36.2 Å². The zero-order valence-corrected chi connectivity index (χ0v) is 15.7. The Kier molecular flexibility index (Phi) is 7.92. The van der Waals surface area contributed by atoms with Crippen molar-refractivity contribution in [3.63, 3.8) is 0 Å². The van der Waals surface area contributed by atoms with E-state index in [1.165, 1.54) is 12.1 Å². The van der Waals surface area contributed by atoms with Gasteiger partial charge in [0.2, 0.25) is 0 Å². The topological polar surface area (TPSA) is 90.2 Å². The number of phenolic OH excluding ortho intramolecular Hbond substituents is 1. The Morgan fingerprint density at radius 1 is 1.15 bits per heavy atom. The fourth-order valence-corrected chi connectivity index (χ4v) is 2.88. The summed E-state index contributed by atoms with van der Waals surface area (Å²) in [6.45, 7) is -0.250. The highest BCUT2D eigenvalue weighted by Gasteiger charge is 2.12. The number of aromatic hydroxyl groups is 1. The van der Waals surface area contributed by atoms with Crippen LogP contribution in [0, 0.1) is 0 Å². The van der Waals surface area contributed by atoms with Crippen molar-refractivity contribution in [3.05, 3.63) is 76.0 Å². The predicted octanol–water partition coefficient (Wildman–Crippen LogP) is 3.68. The number of benzene rings is 2. The molecule has 2 aromatic carbocycles. The van der Waals surface area contributed by atoms with Crippen LogP contribution in [0.5, 0.6) is 11.5 Å². The molecule has 0 saturated carbocycles. The maximum absolute atomic E-state index is 10.3. The molecular formula is C21H23ClO5. The van der Waals surface area contributed by atoms with Crippen LogP contribution in [0.2, 0.25) is 5.02 Å². The molecule has 6 heteroatoms. The summed E-state index contributed by atoms with van der Waals surface area (Å²) in [4.78, 5) is 0. The van der Waals surface area contributed by atoms with Gasteiger partial charge in [-0.05, 0) is 47.0 Å². The molecule has 0 bridgehead atoms. The lowest BCUT2D eigenvalue weighted by Crippen LogP contribution is -2.01. The molecule has 0 heterocycles. The van der Waals surface area contributed by atoms with Gasteiger partial charge in [0.05, 0.1) is 30.9 Å². The Balaban J connectivity index is 2.03. The van der Waals surface area contributed by atoms with E-state index in [0.717, 1.165) is 0 Å². The van der Waals surface area contributed by atoms with Gasteiger partial charge in [-0.3, -0.25) is 0 Å². The number of hydrogen-bond donors (Lipinski definition) is 4. The summed E-state index contributed by atoms with van der Waals surface area (Å²) in [6, 6.07) is 11.4. The SMILES string of the molecule is COc1ccc([C@H](O)CC(=C=CC[C@@H](O)c2ccc(O)cc2Cl)CO)cc1. The van der Waals surface area contributed by atoms with Crippen molar-refractivity contribution in [1.82, 2.24) is 0 Å². The molecule has 0 saturated heterocycles. The fourth-order valence-electron chi connectivity index (χ4n) is 2.57. The predicted molar refractivity (Wildman–Crippen MR) is 104 cm³/mol. The van der Waals surface area contributed by atoms with Crippen LogP contribution < -0.4 is 4.74 Å². The van der Waals surface area contributed by atoms with Crippen molar-refractivity contribution in [1.29, 1.82) is 0 Å². The standard InChI is InChI=1S/C21H23ClO5/c1-27-17-8-5-15(6-9-17)21(26)11-14(13-23)3-2-4-20(25)18-10-7-16(24)12-19(18)22/h2,5-10,12,20-21,23-26H,4,11,13H2,1H3/t3?,20-,21-/m1/s1. The monoisotopic (exact) mass is 390 g/mol. The Labute approximate surface area is 163 Å². The van der Waals surface area contributed by atoms with Crippen molar-refractivity contribution in [2.24, 2.45) is 0 Å². The van der Waals surface area contributed by atoms with E-state index in [2.05, 4.69) is 5.73 Å². The van der Waals surface area contributed by atoms with E-state index >= 15 is 0 Å². The first-order valence-corrected chi connectivity index (χ1v) is 8.84. The molecule has 0 aromatic heterocycles. The maximum atomic E-state index is 10.3. The Morgan fingerprint density at radius 2 is 1.85 bits per heavy atom. The molecule has 0 aliphatic rings. The molecule has 5 nitrogen and oxygen atoms in total. The molecule has 0 fully saturated rings. The minimum Gasteiger partial charge on any atom is -0.508 e. The normalized spacial score (nSPS) is 12.8. The molecule has 2 atom stereocenters. The summed E-state index contributed by atoms with van der Waals surface area (Å²) in [7, 11) is 1.57. The molecule has 0 aliphatic carbocycles. The zero-order chi connectivity index (χ0) is 19.8. The summed E-state index contributed by atoms with van der Waals surface area (Å²) in [6.07, 6.45) is 0.398. The van der Waals surface area contributed by atoms with E-state index in [1.807, 2.05) is 0 Å². The first-order valence-electron chi connectivity index (χ1n) is 8.46. The molecule has 2 aromatic rings. The van der Waals surface area contributed by atoms with Gasteiger partial charge in [-0.25, -0.2) is 0 Å². The number of halogens is 1. The Hall–Kier alpha value is -2.27. The third-order valence-electron chi connectivity index (χ3n) is 4.12. The number of methoxy groups -OCH3 is 1. The van der Waals surface area contributed by atoms with Crippen molar-refractivity contribution in [2.75, 3.05) is 13.7 Å². The van der Waals surface area contributed by atoms with Gasteiger partial charge < -0.3 is 25.2 Å².